The predicted molar refractivity (Wildman–Crippen MR) is 58.2 cm³/mol. The number of halogens is 1. The highest BCUT2D eigenvalue weighted by Crippen LogP contribution is 2.16. The quantitative estimate of drug-likeness (QED) is 0.808. The molecule has 0 aliphatic carbocycles. The number of rotatable bonds is 5. The average Bonchev–Trinajstić information content (AvgIpc) is 2.85. The van der Waals surface area contributed by atoms with E-state index in [1.807, 2.05) is 6.07 Å². The highest BCUT2D eigenvalue weighted by atomic mass is 79.9. The summed E-state index contributed by atoms with van der Waals surface area (Å²) in [5, 5.41) is 9.84. The minimum atomic E-state index is 0.710. The summed E-state index contributed by atoms with van der Waals surface area (Å²) in [6.07, 6.45) is 4.01. The van der Waals surface area contributed by atoms with Gasteiger partial charge in [0, 0.05) is 13.0 Å². The second kappa shape index (κ2) is 5.09. The number of aromatic amines is 1. The molecule has 0 radical (unpaired) electrons. The molecule has 6 heteroatoms. The topological polar surface area (TPSA) is 66.7 Å². The molecule has 2 heterocycles. The number of furan rings is 1. The Morgan fingerprint density at radius 3 is 3.13 bits per heavy atom. The van der Waals surface area contributed by atoms with Crippen molar-refractivity contribution in [3.63, 3.8) is 0 Å². The third-order valence-corrected chi connectivity index (χ3v) is 2.69. The first-order valence-electron chi connectivity index (χ1n) is 4.63. The van der Waals surface area contributed by atoms with Gasteiger partial charge >= 0.3 is 0 Å². The van der Waals surface area contributed by atoms with Gasteiger partial charge < -0.3 is 9.73 Å². The van der Waals surface area contributed by atoms with Gasteiger partial charge in [0.25, 0.3) is 0 Å². The molecule has 0 amide bonds. The zero-order chi connectivity index (χ0) is 10.5. The molecule has 0 fully saturated rings. The fraction of sp³-hybridized carbons (Fsp3) is 0.333. The fourth-order valence-electron chi connectivity index (χ4n) is 1.21. The number of nitrogens with one attached hydrogen (secondary N) is 2. The minimum Gasteiger partial charge on any atom is -0.467 e. The van der Waals surface area contributed by atoms with Crippen LogP contribution in [-0.2, 0) is 13.0 Å². The standard InChI is InChI=1S/C9H11BrN4O/c10-7-2-4-15-8(7)5-11-3-1-9-12-6-13-14-9/h2,4,6,11H,1,3,5H2,(H,12,13,14). The predicted octanol–water partition coefficient (Wildman–Crippen LogP) is 1.49. The van der Waals surface area contributed by atoms with Crippen LogP contribution >= 0.6 is 15.9 Å². The summed E-state index contributed by atoms with van der Waals surface area (Å²) in [6, 6.07) is 1.88. The molecule has 0 bridgehead atoms. The van der Waals surface area contributed by atoms with Crippen LogP contribution in [0.1, 0.15) is 11.6 Å². The van der Waals surface area contributed by atoms with E-state index in [1.165, 1.54) is 6.33 Å². The molecule has 80 valence electrons. The second-order valence-corrected chi connectivity index (χ2v) is 3.90. The SMILES string of the molecule is Brc1ccoc1CNCCc1ncn[nH]1. The summed E-state index contributed by atoms with van der Waals surface area (Å²) in [5.74, 6) is 1.80. The van der Waals surface area contributed by atoms with E-state index in [1.54, 1.807) is 6.26 Å². The summed E-state index contributed by atoms with van der Waals surface area (Å²) >= 11 is 3.39. The van der Waals surface area contributed by atoms with Crippen molar-refractivity contribution in [2.24, 2.45) is 0 Å². The van der Waals surface area contributed by atoms with E-state index in [9.17, 15) is 0 Å². The fourth-order valence-corrected chi connectivity index (χ4v) is 1.55. The zero-order valence-corrected chi connectivity index (χ0v) is 9.62. The van der Waals surface area contributed by atoms with E-state index < -0.39 is 0 Å². The van der Waals surface area contributed by atoms with Gasteiger partial charge in [-0.2, -0.15) is 5.10 Å². The van der Waals surface area contributed by atoms with Crippen molar-refractivity contribution in [1.82, 2.24) is 20.5 Å². The number of hydrogen-bond acceptors (Lipinski definition) is 4. The maximum Gasteiger partial charge on any atom is 0.137 e. The molecule has 5 nitrogen and oxygen atoms in total. The van der Waals surface area contributed by atoms with Crippen LogP contribution in [0.5, 0.6) is 0 Å². The maximum atomic E-state index is 5.26. The Bertz CT molecular complexity index is 398. The van der Waals surface area contributed by atoms with Crippen molar-refractivity contribution in [3.8, 4) is 0 Å². The van der Waals surface area contributed by atoms with Crippen molar-refractivity contribution >= 4 is 15.9 Å². The summed E-state index contributed by atoms with van der Waals surface area (Å²) in [6.45, 7) is 1.55. The lowest BCUT2D eigenvalue weighted by Crippen LogP contribution is -2.17. The van der Waals surface area contributed by atoms with Crippen LogP contribution in [0.3, 0.4) is 0 Å². The molecule has 0 aromatic carbocycles. The van der Waals surface area contributed by atoms with Crippen molar-refractivity contribution in [2.45, 2.75) is 13.0 Å². The molecular weight excluding hydrogens is 260 g/mol. The van der Waals surface area contributed by atoms with Gasteiger partial charge in [-0.15, -0.1) is 0 Å². The molecule has 0 saturated heterocycles. The van der Waals surface area contributed by atoms with Crippen LogP contribution in [0.15, 0.2) is 27.5 Å². The number of hydrogen-bond donors (Lipinski definition) is 2. The number of H-pyrrole nitrogens is 1. The smallest absolute Gasteiger partial charge is 0.137 e. The Kier molecular flexibility index (Phi) is 3.52. The Hall–Kier alpha value is -1.14. The third-order valence-electron chi connectivity index (χ3n) is 1.98. The molecule has 0 aliphatic heterocycles. The van der Waals surface area contributed by atoms with Crippen LogP contribution in [0.4, 0.5) is 0 Å². The zero-order valence-electron chi connectivity index (χ0n) is 8.03. The van der Waals surface area contributed by atoms with Crippen LogP contribution in [-0.4, -0.2) is 21.7 Å². The van der Waals surface area contributed by atoms with Gasteiger partial charge in [0.1, 0.15) is 17.9 Å². The third kappa shape index (κ3) is 2.90. The van der Waals surface area contributed by atoms with E-state index in [4.69, 9.17) is 4.42 Å². The first-order valence-corrected chi connectivity index (χ1v) is 5.42. The Morgan fingerprint density at radius 2 is 2.47 bits per heavy atom. The number of nitrogens with zero attached hydrogens (tertiary/aromatic N) is 2. The molecule has 2 aromatic heterocycles. The van der Waals surface area contributed by atoms with Gasteiger partial charge in [-0.05, 0) is 22.0 Å². The highest BCUT2D eigenvalue weighted by Gasteiger charge is 2.02. The number of aromatic nitrogens is 3. The van der Waals surface area contributed by atoms with E-state index in [0.717, 1.165) is 29.0 Å². The molecule has 0 saturated carbocycles. The Labute approximate surface area is 95.4 Å². The maximum absolute atomic E-state index is 5.26. The lowest BCUT2D eigenvalue weighted by molar-refractivity contribution is 0.481. The molecule has 0 aliphatic rings. The largest absolute Gasteiger partial charge is 0.467 e. The molecular formula is C9H11BrN4O. The van der Waals surface area contributed by atoms with E-state index in [-0.39, 0.29) is 0 Å². The van der Waals surface area contributed by atoms with E-state index >= 15 is 0 Å². The summed E-state index contributed by atoms with van der Waals surface area (Å²) in [5.41, 5.74) is 0. The van der Waals surface area contributed by atoms with E-state index in [0.29, 0.717) is 6.54 Å². The van der Waals surface area contributed by atoms with Crippen LogP contribution < -0.4 is 5.32 Å². The first-order chi connectivity index (χ1) is 7.36. The molecule has 0 atom stereocenters. The van der Waals surface area contributed by atoms with E-state index in [2.05, 4.69) is 36.4 Å². The van der Waals surface area contributed by atoms with Gasteiger partial charge in [-0.25, -0.2) is 4.98 Å². The monoisotopic (exact) mass is 270 g/mol. The second-order valence-electron chi connectivity index (χ2n) is 3.05. The van der Waals surface area contributed by atoms with Crippen molar-refractivity contribution < 1.29 is 4.42 Å². The van der Waals surface area contributed by atoms with Crippen LogP contribution in [0.25, 0.3) is 0 Å². The normalized spacial score (nSPS) is 10.7. The van der Waals surface area contributed by atoms with Crippen LogP contribution in [0.2, 0.25) is 0 Å². The lowest BCUT2D eigenvalue weighted by Gasteiger charge is -2.00. The Balaban J connectivity index is 1.70. The van der Waals surface area contributed by atoms with Crippen molar-refractivity contribution in [1.29, 1.82) is 0 Å². The summed E-state index contributed by atoms with van der Waals surface area (Å²) in [4.78, 5) is 4.03. The lowest BCUT2D eigenvalue weighted by atomic mass is 10.4. The molecule has 0 spiro atoms. The minimum absolute atomic E-state index is 0.710. The van der Waals surface area contributed by atoms with Crippen molar-refractivity contribution in [2.75, 3.05) is 6.54 Å². The van der Waals surface area contributed by atoms with Crippen molar-refractivity contribution in [3.05, 3.63) is 34.7 Å². The molecule has 2 aromatic rings. The van der Waals surface area contributed by atoms with Gasteiger partial charge in [0.15, 0.2) is 0 Å². The van der Waals surface area contributed by atoms with Crippen LogP contribution in [0, 0.1) is 0 Å². The van der Waals surface area contributed by atoms with Gasteiger partial charge in [-0.1, -0.05) is 0 Å². The Morgan fingerprint density at radius 1 is 1.53 bits per heavy atom. The molecule has 2 rings (SSSR count). The van der Waals surface area contributed by atoms with Gasteiger partial charge in [0.2, 0.25) is 0 Å². The molecule has 0 unspecified atom stereocenters. The first kappa shape index (κ1) is 10.4. The summed E-state index contributed by atoms with van der Waals surface area (Å²) in [7, 11) is 0. The van der Waals surface area contributed by atoms with Gasteiger partial charge in [-0.3, -0.25) is 5.10 Å². The molecule has 2 N–H and O–H groups in total. The molecule has 15 heavy (non-hydrogen) atoms. The summed E-state index contributed by atoms with van der Waals surface area (Å²) < 4.78 is 6.25. The highest BCUT2D eigenvalue weighted by molar-refractivity contribution is 9.10. The van der Waals surface area contributed by atoms with Gasteiger partial charge in [0.05, 0.1) is 17.3 Å². The average molecular weight is 271 g/mol.